The van der Waals surface area contributed by atoms with E-state index in [-0.39, 0.29) is 5.91 Å². The second kappa shape index (κ2) is 5.76. The Labute approximate surface area is 121 Å². The van der Waals surface area contributed by atoms with Gasteiger partial charge < -0.3 is 10.1 Å². The van der Waals surface area contributed by atoms with Gasteiger partial charge in [0.15, 0.2) is 5.13 Å². The van der Waals surface area contributed by atoms with E-state index in [1.165, 1.54) is 24.2 Å². The molecule has 1 saturated heterocycles. The van der Waals surface area contributed by atoms with Gasteiger partial charge in [-0.15, -0.1) is 0 Å². The van der Waals surface area contributed by atoms with E-state index in [4.69, 9.17) is 4.74 Å². The summed E-state index contributed by atoms with van der Waals surface area (Å²) in [4.78, 5) is 18.5. The standard InChI is InChI=1S/C14H17N3O2S/c1-19-10-4-5-11-12(8-10)20-14(15-11)16-13(18)9-17-6-2-3-7-17/h4-5,8H,2-3,6-7,9H2,1H3,(H,15,16,18). The van der Waals surface area contributed by atoms with Gasteiger partial charge in [-0.25, -0.2) is 4.98 Å². The van der Waals surface area contributed by atoms with Crippen LogP contribution in [0.1, 0.15) is 12.8 Å². The summed E-state index contributed by atoms with van der Waals surface area (Å²) in [5.74, 6) is 0.814. The molecule has 0 aliphatic carbocycles. The van der Waals surface area contributed by atoms with Crippen LogP contribution in [0.2, 0.25) is 0 Å². The summed E-state index contributed by atoms with van der Waals surface area (Å²) in [7, 11) is 1.64. The Bertz CT molecular complexity index is 620. The molecule has 3 rings (SSSR count). The van der Waals surface area contributed by atoms with Gasteiger partial charge in [0.05, 0.1) is 23.9 Å². The predicted molar refractivity (Wildman–Crippen MR) is 80.5 cm³/mol. The third kappa shape index (κ3) is 2.91. The molecule has 5 nitrogen and oxygen atoms in total. The molecule has 2 heterocycles. The maximum atomic E-state index is 12.0. The van der Waals surface area contributed by atoms with Crippen LogP contribution in [-0.4, -0.2) is 42.5 Å². The lowest BCUT2D eigenvalue weighted by Crippen LogP contribution is -2.30. The molecule has 0 spiro atoms. The van der Waals surface area contributed by atoms with Crippen molar-refractivity contribution in [3.05, 3.63) is 18.2 Å². The summed E-state index contributed by atoms with van der Waals surface area (Å²) in [5.41, 5.74) is 0.882. The minimum absolute atomic E-state index is 0.0120. The van der Waals surface area contributed by atoms with Gasteiger partial charge in [-0.2, -0.15) is 0 Å². The Kier molecular flexibility index (Phi) is 3.84. The third-order valence-corrected chi connectivity index (χ3v) is 4.34. The normalized spacial score (nSPS) is 15.7. The molecule has 0 saturated carbocycles. The molecule has 0 bridgehead atoms. The molecule has 1 aliphatic rings. The lowest BCUT2D eigenvalue weighted by Gasteiger charge is -2.12. The molecule has 1 aromatic heterocycles. The molecule has 6 heteroatoms. The molecule has 1 N–H and O–H groups in total. The molecule has 0 radical (unpaired) electrons. The summed E-state index contributed by atoms with van der Waals surface area (Å²) in [6.07, 6.45) is 2.38. The predicted octanol–water partition coefficient (Wildman–Crippen LogP) is 2.34. The fourth-order valence-electron chi connectivity index (χ4n) is 2.39. The summed E-state index contributed by atoms with van der Waals surface area (Å²) in [5, 5.41) is 3.53. The smallest absolute Gasteiger partial charge is 0.240 e. The summed E-state index contributed by atoms with van der Waals surface area (Å²) in [6, 6.07) is 5.71. The van der Waals surface area contributed by atoms with Crippen LogP contribution < -0.4 is 10.1 Å². The fourth-order valence-corrected chi connectivity index (χ4v) is 3.30. The number of likely N-dealkylation sites (tertiary alicyclic amines) is 1. The maximum Gasteiger partial charge on any atom is 0.240 e. The Balaban J connectivity index is 1.68. The van der Waals surface area contributed by atoms with Crippen LogP contribution in [0, 0.1) is 0 Å². The summed E-state index contributed by atoms with van der Waals surface area (Å²) in [6.45, 7) is 2.49. The molecule has 2 aromatic rings. The molecule has 106 valence electrons. The molecule has 20 heavy (non-hydrogen) atoms. The minimum Gasteiger partial charge on any atom is -0.497 e. The van der Waals surface area contributed by atoms with Crippen molar-refractivity contribution in [2.24, 2.45) is 0 Å². The van der Waals surface area contributed by atoms with Gasteiger partial charge >= 0.3 is 0 Å². The highest BCUT2D eigenvalue weighted by molar-refractivity contribution is 7.22. The Hall–Kier alpha value is -1.66. The van der Waals surface area contributed by atoms with Crippen LogP contribution in [-0.2, 0) is 4.79 Å². The van der Waals surface area contributed by atoms with Crippen LogP contribution in [0.25, 0.3) is 10.2 Å². The number of carbonyl (C=O) groups excluding carboxylic acids is 1. The number of nitrogens with one attached hydrogen (secondary N) is 1. The molecular weight excluding hydrogens is 274 g/mol. The number of thiazole rings is 1. The highest BCUT2D eigenvalue weighted by Gasteiger charge is 2.16. The number of aromatic nitrogens is 1. The first-order valence-electron chi connectivity index (χ1n) is 6.71. The molecule has 1 aliphatic heterocycles. The molecule has 0 atom stereocenters. The monoisotopic (exact) mass is 291 g/mol. The second-order valence-corrected chi connectivity index (χ2v) is 5.91. The van der Waals surface area contributed by atoms with Crippen LogP contribution >= 0.6 is 11.3 Å². The van der Waals surface area contributed by atoms with Crippen molar-refractivity contribution in [1.29, 1.82) is 0 Å². The minimum atomic E-state index is 0.0120. The zero-order chi connectivity index (χ0) is 13.9. The van der Waals surface area contributed by atoms with Gasteiger partial charge in [-0.3, -0.25) is 9.69 Å². The van der Waals surface area contributed by atoms with Crippen LogP contribution in [0.3, 0.4) is 0 Å². The van der Waals surface area contributed by atoms with E-state index in [0.717, 1.165) is 29.1 Å². The van der Waals surface area contributed by atoms with Crippen molar-refractivity contribution in [2.75, 3.05) is 32.1 Å². The Morgan fingerprint density at radius 1 is 1.45 bits per heavy atom. The largest absolute Gasteiger partial charge is 0.497 e. The number of methoxy groups -OCH3 is 1. The number of amides is 1. The van der Waals surface area contributed by atoms with Gasteiger partial charge in [0, 0.05) is 0 Å². The average Bonchev–Trinajstić information content (AvgIpc) is 3.06. The van der Waals surface area contributed by atoms with Crippen molar-refractivity contribution in [3.63, 3.8) is 0 Å². The van der Waals surface area contributed by atoms with E-state index < -0.39 is 0 Å². The van der Waals surface area contributed by atoms with Gasteiger partial charge in [0.1, 0.15) is 5.75 Å². The van der Waals surface area contributed by atoms with Crippen molar-refractivity contribution in [2.45, 2.75) is 12.8 Å². The zero-order valence-corrected chi connectivity index (χ0v) is 12.2. The van der Waals surface area contributed by atoms with Gasteiger partial charge in [-0.1, -0.05) is 11.3 Å². The number of fused-ring (bicyclic) bond motifs is 1. The lowest BCUT2D eigenvalue weighted by atomic mass is 10.3. The fraction of sp³-hybridized carbons (Fsp3) is 0.429. The van der Waals surface area contributed by atoms with Gasteiger partial charge in [0.25, 0.3) is 0 Å². The van der Waals surface area contributed by atoms with Crippen molar-refractivity contribution in [1.82, 2.24) is 9.88 Å². The molecule has 0 unspecified atom stereocenters. The Morgan fingerprint density at radius 3 is 3.00 bits per heavy atom. The van der Waals surface area contributed by atoms with Crippen LogP contribution in [0.4, 0.5) is 5.13 Å². The van der Waals surface area contributed by atoms with Crippen LogP contribution in [0.5, 0.6) is 5.75 Å². The number of rotatable bonds is 4. The number of nitrogens with zero attached hydrogens (tertiary/aromatic N) is 2. The number of carbonyl (C=O) groups is 1. The SMILES string of the molecule is COc1ccc2nc(NC(=O)CN3CCCC3)sc2c1. The van der Waals surface area contributed by atoms with E-state index in [9.17, 15) is 4.79 Å². The zero-order valence-electron chi connectivity index (χ0n) is 11.4. The number of hydrogen-bond acceptors (Lipinski definition) is 5. The second-order valence-electron chi connectivity index (χ2n) is 4.88. The first-order chi connectivity index (χ1) is 9.74. The first-order valence-corrected chi connectivity index (χ1v) is 7.53. The van der Waals surface area contributed by atoms with E-state index in [1.54, 1.807) is 7.11 Å². The van der Waals surface area contributed by atoms with E-state index in [2.05, 4.69) is 15.2 Å². The molecule has 1 amide bonds. The maximum absolute atomic E-state index is 12.0. The van der Waals surface area contributed by atoms with Gasteiger partial charge in [0.2, 0.25) is 5.91 Å². The quantitative estimate of drug-likeness (QED) is 0.939. The summed E-state index contributed by atoms with van der Waals surface area (Å²) >= 11 is 1.47. The first kappa shape index (κ1) is 13.3. The number of benzene rings is 1. The highest BCUT2D eigenvalue weighted by Crippen LogP contribution is 2.29. The molecule has 1 fully saturated rings. The van der Waals surface area contributed by atoms with Crippen molar-refractivity contribution >= 4 is 32.6 Å². The molecular formula is C14H17N3O2S. The van der Waals surface area contributed by atoms with E-state index in [0.29, 0.717) is 11.7 Å². The number of ether oxygens (including phenoxy) is 1. The van der Waals surface area contributed by atoms with E-state index >= 15 is 0 Å². The van der Waals surface area contributed by atoms with Crippen molar-refractivity contribution < 1.29 is 9.53 Å². The summed E-state index contributed by atoms with van der Waals surface area (Å²) < 4.78 is 6.20. The van der Waals surface area contributed by atoms with Gasteiger partial charge in [-0.05, 0) is 44.1 Å². The topological polar surface area (TPSA) is 54.5 Å². The number of anilines is 1. The van der Waals surface area contributed by atoms with Crippen LogP contribution in [0.15, 0.2) is 18.2 Å². The highest BCUT2D eigenvalue weighted by atomic mass is 32.1. The van der Waals surface area contributed by atoms with Crippen molar-refractivity contribution in [3.8, 4) is 5.75 Å². The lowest BCUT2D eigenvalue weighted by molar-refractivity contribution is -0.117. The average molecular weight is 291 g/mol. The molecule has 1 aromatic carbocycles. The Morgan fingerprint density at radius 2 is 2.25 bits per heavy atom. The van der Waals surface area contributed by atoms with E-state index in [1.807, 2.05) is 18.2 Å². The third-order valence-electron chi connectivity index (χ3n) is 3.41. The number of hydrogen-bond donors (Lipinski definition) is 1.